The molecule has 10 nitrogen and oxygen atoms in total. The zero-order chi connectivity index (χ0) is 28.4. The SMILES string of the molecule is COc1cc2nccc(Oc3ccc(NC(=O)c4cc(C(C)=O)c(C)n(-c5ccsc5)c4=O)cc3)c2nc1OC. The number of carbonyl (C=O) groups is 2. The van der Waals surface area contributed by atoms with Crippen LogP contribution < -0.4 is 25.1 Å². The van der Waals surface area contributed by atoms with E-state index in [1.54, 1.807) is 61.0 Å². The molecule has 0 aliphatic carbocycles. The topological polar surface area (TPSA) is 122 Å². The molecule has 0 aliphatic rings. The van der Waals surface area contributed by atoms with Crippen LogP contribution in [-0.2, 0) is 0 Å². The van der Waals surface area contributed by atoms with E-state index in [1.807, 2.05) is 5.38 Å². The molecule has 0 saturated heterocycles. The molecule has 0 aliphatic heterocycles. The van der Waals surface area contributed by atoms with Crippen LogP contribution in [0, 0.1) is 6.92 Å². The molecule has 4 aromatic heterocycles. The van der Waals surface area contributed by atoms with Crippen LogP contribution in [-0.4, -0.2) is 40.4 Å². The number of anilines is 1. The summed E-state index contributed by atoms with van der Waals surface area (Å²) in [5.74, 6) is 0.810. The molecule has 5 rings (SSSR count). The summed E-state index contributed by atoms with van der Waals surface area (Å²) in [6.45, 7) is 3.09. The van der Waals surface area contributed by atoms with E-state index in [0.717, 1.165) is 0 Å². The number of hydrogen-bond acceptors (Lipinski definition) is 9. The molecule has 0 fully saturated rings. The van der Waals surface area contributed by atoms with Crippen molar-refractivity contribution >= 4 is 39.7 Å². The summed E-state index contributed by atoms with van der Waals surface area (Å²) in [4.78, 5) is 47.5. The number of benzene rings is 1. The fourth-order valence-electron chi connectivity index (χ4n) is 4.24. The highest BCUT2D eigenvalue weighted by Crippen LogP contribution is 2.34. The van der Waals surface area contributed by atoms with Crippen LogP contribution in [0.25, 0.3) is 16.7 Å². The van der Waals surface area contributed by atoms with Crippen molar-refractivity contribution in [3.63, 3.8) is 0 Å². The maximum Gasteiger partial charge on any atom is 0.268 e. The molecule has 4 heterocycles. The quantitative estimate of drug-likeness (QED) is 0.252. The minimum Gasteiger partial charge on any atom is -0.491 e. The smallest absolute Gasteiger partial charge is 0.268 e. The number of rotatable bonds is 8. The number of nitrogens with one attached hydrogen (secondary N) is 1. The van der Waals surface area contributed by atoms with Gasteiger partial charge in [0.2, 0.25) is 0 Å². The minimum absolute atomic E-state index is 0.138. The van der Waals surface area contributed by atoms with Gasteiger partial charge in [-0.2, -0.15) is 11.3 Å². The molecular formula is C29H24N4O6S. The molecule has 11 heteroatoms. The number of hydrogen-bond donors (Lipinski definition) is 1. The Morgan fingerprint density at radius 1 is 0.975 bits per heavy atom. The van der Waals surface area contributed by atoms with Crippen molar-refractivity contribution < 1.29 is 23.8 Å². The van der Waals surface area contributed by atoms with Gasteiger partial charge in [0.05, 0.1) is 25.4 Å². The van der Waals surface area contributed by atoms with E-state index in [2.05, 4.69) is 15.3 Å². The van der Waals surface area contributed by atoms with Crippen molar-refractivity contribution in [3.05, 3.63) is 92.7 Å². The summed E-state index contributed by atoms with van der Waals surface area (Å²) >= 11 is 1.41. The molecule has 0 bridgehead atoms. The third kappa shape index (κ3) is 5.02. The fourth-order valence-corrected chi connectivity index (χ4v) is 4.86. The van der Waals surface area contributed by atoms with Gasteiger partial charge in [-0.15, -0.1) is 0 Å². The van der Waals surface area contributed by atoms with Crippen molar-refractivity contribution in [2.24, 2.45) is 0 Å². The number of thiophene rings is 1. The number of carbonyl (C=O) groups excluding carboxylic acids is 2. The van der Waals surface area contributed by atoms with Gasteiger partial charge in [-0.3, -0.25) is 23.9 Å². The number of Topliss-reactive ketones (excluding diaryl/α,β-unsaturated/α-hetero) is 1. The highest BCUT2D eigenvalue weighted by atomic mass is 32.1. The third-order valence-electron chi connectivity index (χ3n) is 6.20. The molecule has 1 N–H and O–H groups in total. The van der Waals surface area contributed by atoms with Crippen molar-refractivity contribution in [1.29, 1.82) is 0 Å². The van der Waals surface area contributed by atoms with E-state index in [0.29, 0.717) is 56.8 Å². The van der Waals surface area contributed by atoms with Gasteiger partial charge in [-0.05, 0) is 55.6 Å². The van der Waals surface area contributed by atoms with E-state index in [4.69, 9.17) is 14.2 Å². The van der Waals surface area contributed by atoms with E-state index in [9.17, 15) is 14.4 Å². The Balaban J connectivity index is 1.41. The van der Waals surface area contributed by atoms with Crippen LogP contribution in [0.1, 0.15) is 33.3 Å². The first-order valence-electron chi connectivity index (χ1n) is 12.1. The lowest BCUT2D eigenvalue weighted by Gasteiger charge is -2.14. The standard InChI is InChI=1S/C29H24N4O6S/c1-16-21(17(2)34)13-22(29(36)33(16)19-10-12-40-15-19)27(35)31-18-5-7-20(8-6-18)39-24-9-11-30-23-14-25(37-3)28(38-4)32-26(23)24/h5-15H,1-4H3,(H,31,35). The van der Waals surface area contributed by atoms with Gasteiger partial charge >= 0.3 is 0 Å². The van der Waals surface area contributed by atoms with Gasteiger partial charge < -0.3 is 19.5 Å². The second-order valence-corrected chi connectivity index (χ2v) is 9.47. The number of pyridine rings is 3. The molecule has 0 atom stereocenters. The molecule has 40 heavy (non-hydrogen) atoms. The summed E-state index contributed by atoms with van der Waals surface area (Å²) in [6, 6.07) is 13.1. The number of methoxy groups -OCH3 is 2. The van der Waals surface area contributed by atoms with E-state index in [-0.39, 0.29) is 11.3 Å². The second kappa shape index (κ2) is 11.0. The normalized spacial score (nSPS) is 10.8. The summed E-state index contributed by atoms with van der Waals surface area (Å²) in [5.41, 5.74) is 2.21. The molecule has 5 aromatic rings. The average Bonchev–Trinajstić information content (AvgIpc) is 3.48. The maximum absolute atomic E-state index is 13.3. The zero-order valence-electron chi connectivity index (χ0n) is 22.1. The summed E-state index contributed by atoms with van der Waals surface area (Å²) in [7, 11) is 3.02. The predicted octanol–water partition coefficient (Wildman–Crippen LogP) is 5.42. The third-order valence-corrected chi connectivity index (χ3v) is 6.87. The van der Waals surface area contributed by atoms with E-state index < -0.39 is 11.5 Å². The molecular weight excluding hydrogens is 532 g/mol. The van der Waals surface area contributed by atoms with Crippen molar-refractivity contribution in [2.45, 2.75) is 13.8 Å². The average molecular weight is 557 g/mol. The van der Waals surface area contributed by atoms with Gasteiger partial charge in [0.25, 0.3) is 17.3 Å². The first-order chi connectivity index (χ1) is 19.3. The molecule has 1 aromatic carbocycles. The maximum atomic E-state index is 13.3. The number of fused-ring (bicyclic) bond motifs is 1. The van der Waals surface area contributed by atoms with Crippen LogP contribution in [0.2, 0.25) is 0 Å². The molecule has 0 unspecified atom stereocenters. The fraction of sp³-hybridized carbons (Fsp3) is 0.138. The first-order valence-corrected chi connectivity index (χ1v) is 13.0. The molecule has 1 amide bonds. The number of nitrogens with zero attached hydrogens (tertiary/aromatic N) is 3. The van der Waals surface area contributed by atoms with Crippen molar-refractivity contribution in [2.75, 3.05) is 19.5 Å². The van der Waals surface area contributed by atoms with Gasteiger partial charge in [-0.1, -0.05) is 0 Å². The van der Waals surface area contributed by atoms with Crippen LogP contribution >= 0.6 is 11.3 Å². The largest absolute Gasteiger partial charge is 0.491 e. The Kier molecular flexibility index (Phi) is 7.30. The van der Waals surface area contributed by atoms with Gasteiger partial charge in [0, 0.05) is 40.7 Å². The first kappa shape index (κ1) is 26.6. The van der Waals surface area contributed by atoms with E-state index >= 15 is 0 Å². The van der Waals surface area contributed by atoms with Crippen molar-refractivity contribution in [3.8, 4) is 28.8 Å². The number of ketones is 1. The number of aromatic nitrogens is 3. The van der Waals surface area contributed by atoms with Gasteiger partial charge in [0.15, 0.2) is 17.3 Å². The van der Waals surface area contributed by atoms with Crippen LogP contribution in [0.3, 0.4) is 0 Å². The lowest BCUT2D eigenvalue weighted by Crippen LogP contribution is -2.31. The highest BCUT2D eigenvalue weighted by Gasteiger charge is 2.21. The lowest BCUT2D eigenvalue weighted by molar-refractivity contribution is 0.101. The van der Waals surface area contributed by atoms with Crippen LogP contribution in [0.5, 0.6) is 23.1 Å². The van der Waals surface area contributed by atoms with Crippen LogP contribution in [0.15, 0.2) is 70.3 Å². The highest BCUT2D eigenvalue weighted by molar-refractivity contribution is 7.08. The summed E-state index contributed by atoms with van der Waals surface area (Å²) < 4.78 is 18.0. The number of ether oxygens (including phenoxy) is 3. The number of amides is 1. The minimum atomic E-state index is -0.629. The van der Waals surface area contributed by atoms with Gasteiger partial charge in [0.1, 0.15) is 16.8 Å². The van der Waals surface area contributed by atoms with Crippen LogP contribution in [0.4, 0.5) is 5.69 Å². The summed E-state index contributed by atoms with van der Waals surface area (Å²) in [6.07, 6.45) is 1.60. The van der Waals surface area contributed by atoms with E-state index in [1.165, 1.54) is 43.1 Å². The predicted molar refractivity (Wildman–Crippen MR) is 152 cm³/mol. The Morgan fingerprint density at radius 3 is 2.40 bits per heavy atom. The Bertz CT molecular complexity index is 1800. The zero-order valence-corrected chi connectivity index (χ0v) is 22.9. The molecule has 0 radical (unpaired) electrons. The summed E-state index contributed by atoms with van der Waals surface area (Å²) in [5, 5.41) is 6.34. The molecule has 0 saturated carbocycles. The molecule has 202 valence electrons. The Morgan fingerprint density at radius 2 is 1.75 bits per heavy atom. The molecule has 0 spiro atoms. The Hall–Kier alpha value is -5.03. The Labute approximate surface area is 232 Å². The lowest BCUT2D eigenvalue weighted by atomic mass is 10.1. The monoisotopic (exact) mass is 556 g/mol. The van der Waals surface area contributed by atoms with Gasteiger partial charge in [-0.25, -0.2) is 4.98 Å². The second-order valence-electron chi connectivity index (χ2n) is 8.69. The van der Waals surface area contributed by atoms with Crippen molar-refractivity contribution in [1.82, 2.24) is 14.5 Å².